The van der Waals surface area contributed by atoms with Gasteiger partial charge in [0.15, 0.2) is 5.01 Å². The molecular formula is C12H14N4O2S. The second-order valence-electron chi connectivity index (χ2n) is 4.34. The highest BCUT2D eigenvalue weighted by molar-refractivity contribution is 7.14. The highest BCUT2D eigenvalue weighted by Gasteiger charge is 2.20. The van der Waals surface area contributed by atoms with Crippen LogP contribution >= 0.6 is 11.3 Å². The Bertz CT molecular complexity index is 610. The van der Waals surface area contributed by atoms with E-state index in [4.69, 9.17) is 0 Å². The topological polar surface area (TPSA) is 81.0 Å². The van der Waals surface area contributed by atoms with Gasteiger partial charge in [0, 0.05) is 24.7 Å². The van der Waals surface area contributed by atoms with Crippen LogP contribution in [-0.2, 0) is 0 Å². The van der Waals surface area contributed by atoms with Gasteiger partial charge in [0.2, 0.25) is 0 Å². The first kappa shape index (κ1) is 13.4. The van der Waals surface area contributed by atoms with Crippen molar-refractivity contribution < 1.29 is 4.92 Å². The molecule has 1 aromatic carbocycles. The van der Waals surface area contributed by atoms with E-state index in [0.717, 1.165) is 10.7 Å². The van der Waals surface area contributed by atoms with Crippen LogP contribution in [0.5, 0.6) is 0 Å². The van der Waals surface area contributed by atoms with E-state index >= 15 is 0 Å². The van der Waals surface area contributed by atoms with Crippen LogP contribution in [0.25, 0.3) is 10.6 Å². The summed E-state index contributed by atoms with van der Waals surface area (Å²) in [6.45, 7) is 4.03. The molecule has 0 aliphatic rings. The lowest BCUT2D eigenvalue weighted by molar-refractivity contribution is -0.384. The van der Waals surface area contributed by atoms with Gasteiger partial charge in [-0.05, 0) is 12.1 Å². The van der Waals surface area contributed by atoms with Gasteiger partial charge in [-0.25, -0.2) is 0 Å². The number of hydrogen-bond donors (Lipinski definition) is 1. The summed E-state index contributed by atoms with van der Waals surface area (Å²) in [5, 5.41) is 23.6. The van der Waals surface area contributed by atoms with Gasteiger partial charge >= 0.3 is 0 Å². The van der Waals surface area contributed by atoms with E-state index < -0.39 is 4.92 Å². The van der Waals surface area contributed by atoms with Crippen molar-refractivity contribution in [3.05, 3.63) is 33.3 Å². The number of anilines is 1. The highest BCUT2D eigenvalue weighted by atomic mass is 32.1. The fourth-order valence-corrected chi connectivity index (χ4v) is 2.47. The summed E-state index contributed by atoms with van der Waals surface area (Å²) in [5.41, 5.74) is 1.36. The Morgan fingerprint density at radius 2 is 2.11 bits per heavy atom. The molecule has 7 heteroatoms. The molecule has 1 aromatic heterocycles. The monoisotopic (exact) mass is 278 g/mol. The predicted molar refractivity (Wildman–Crippen MR) is 75.6 cm³/mol. The molecule has 0 spiro atoms. The van der Waals surface area contributed by atoms with Crippen LogP contribution in [0.2, 0.25) is 0 Å². The van der Waals surface area contributed by atoms with Gasteiger partial charge in [0.25, 0.3) is 5.69 Å². The number of aromatic nitrogens is 2. The van der Waals surface area contributed by atoms with Crippen LogP contribution in [0.4, 0.5) is 11.4 Å². The fraction of sp³-hybridized carbons (Fsp3) is 0.333. The van der Waals surface area contributed by atoms with Gasteiger partial charge in [-0.2, -0.15) is 0 Å². The third-order valence-corrected chi connectivity index (χ3v) is 3.90. The quantitative estimate of drug-likeness (QED) is 0.685. The number of nitrogens with one attached hydrogen (secondary N) is 1. The summed E-state index contributed by atoms with van der Waals surface area (Å²) < 4.78 is 0. The van der Waals surface area contributed by atoms with Crippen LogP contribution in [-0.4, -0.2) is 22.2 Å². The summed E-state index contributed by atoms with van der Waals surface area (Å²) in [4.78, 5) is 10.7. The zero-order valence-electron chi connectivity index (χ0n) is 10.9. The van der Waals surface area contributed by atoms with Gasteiger partial charge in [-0.15, -0.1) is 10.2 Å². The zero-order chi connectivity index (χ0) is 14.0. The first-order valence-electron chi connectivity index (χ1n) is 5.83. The van der Waals surface area contributed by atoms with E-state index in [1.165, 1.54) is 17.4 Å². The molecular weight excluding hydrogens is 264 g/mol. The largest absolute Gasteiger partial charge is 0.388 e. The van der Waals surface area contributed by atoms with Crippen molar-refractivity contribution in [2.45, 2.75) is 19.8 Å². The van der Waals surface area contributed by atoms with E-state index in [-0.39, 0.29) is 11.6 Å². The minimum absolute atomic E-state index is 0.0467. The molecule has 2 aromatic rings. The molecule has 0 amide bonds. The molecule has 0 saturated carbocycles. The summed E-state index contributed by atoms with van der Waals surface area (Å²) in [6.07, 6.45) is 0. The third kappa shape index (κ3) is 2.70. The smallest absolute Gasteiger partial charge is 0.279 e. The Morgan fingerprint density at radius 1 is 1.37 bits per heavy atom. The first-order valence-corrected chi connectivity index (χ1v) is 6.64. The average Bonchev–Trinajstić information content (AvgIpc) is 2.87. The number of nitro groups is 1. The average molecular weight is 278 g/mol. The maximum atomic E-state index is 11.1. The number of nitro benzene ring substituents is 1. The van der Waals surface area contributed by atoms with Crippen molar-refractivity contribution in [3.63, 3.8) is 0 Å². The Balaban J connectivity index is 2.54. The van der Waals surface area contributed by atoms with E-state index in [0.29, 0.717) is 10.6 Å². The van der Waals surface area contributed by atoms with Crippen LogP contribution in [0.3, 0.4) is 0 Å². The molecule has 0 atom stereocenters. The molecule has 6 nitrogen and oxygen atoms in total. The standard InChI is InChI=1S/C12H14N4O2S/c1-7(2)11-14-15-12(19-11)9-6-8(13-3)4-5-10(9)16(17)18/h4-7,13H,1-3H3. The lowest BCUT2D eigenvalue weighted by atomic mass is 10.1. The molecule has 2 rings (SSSR count). The van der Waals surface area contributed by atoms with E-state index in [2.05, 4.69) is 15.5 Å². The molecule has 0 fully saturated rings. The molecule has 1 heterocycles. The molecule has 100 valence electrons. The Hall–Kier alpha value is -2.02. The number of benzene rings is 1. The number of nitrogens with zero attached hydrogens (tertiary/aromatic N) is 3. The summed E-state index contributed by atoms with van der Waals surface area (Å²) in [5.74, 6) is 0.262. The molecule has 0 aliphatic heterocycles. The Kier molecular flexibility index (Phi) is 3.75. The van der Waals surface area contributed by atoms with Crippen molar-refractivity contribution in [2.75, 3.05) is 12.4 Å². The molecule has 19 heavy (non-hydrogen) atoms. The van der Waals surface area contributed by atoms with Crippen LogP contribution in [0.1, 0.15) is 24.8 Å². The minimum Gasteiger partial charge on any atom is -0.388 e. The third-order valence-electron chi connectivity index (χ3n) is 2.65. The minimum atomic E-state index is -0.398. The van der Waals surface area contributed by atoms with Crippen molar-refractivity contribution >= 4 is 22.7 Å². The van der Waals surface area contributed by atoms with E-state index in [9.17, 15) is 10.1 Å². The SMILES string of the molecule is CNc1ccc([N+](=O)[O-])c(-c2nnc(C(C)C)s2)c1. The molecule has 0 unspecified atom stereocenters. The molecule has 1 N–H and O–H groups in total. The normalized spacial score (nSPS) is 10.7. The fourth-order valence-electron chi connectivity index (χ4n) is 1.60. The van der Waals surface area contributed by atoms with Crippen molar-refractivity contribution in [1.82, 2.24) is 10.2 Å². The zero-order valence-corrected chi connectivity index (χ0v) is 11.7. The number of rotatable bonds is 4. The second-order valence-corrected chi connectivity index (χ2v) is 5.35. The predicted octanol–water partition coefficient (Wildman–Crippen LogP) is 3.28. The Labute approximate surface area is 114 Å². The van der Waals surface area contributed by atoms with E-state index in [1.807, 2.05) is 13.8 Å². The van der Waals surface area contributed by atoms with Gasteiger partial charge in [-0.1, -0.05) is 25.2 Å². The maximum absolute atomic E-state index is 11.1. The maximum Gasteiger partial charge on any atom is 0.279 e. The van der Waals surface area contributed by atoms with Crippen molar-refractivity contribution in [3.8, 4) is 10.6 Å². The highest BCUT2D eigenvalue weighted by Crippen LogP contribution is 2.35. The summed E-state index contributed by atoms with van der Waals surface area (Å²) in [7, 11) is 1.77. The van der Waals surface area contributed by atoms with E-state index in [1.54, 1.807) is 19.2 Å². The molecule has 0 radical (unpaired) electrons. The molecule has 0 aliphatic carbocycles. The van der Waals surface area contributed by atoms with Gasteiger partial charge in [0.1, 0.15) is 5.01 Å². The summed E-state index contributed by atoms with van der Waals surface area (Å²) in [6, 6.07) is 4.88. The van der Waals surface area contributed by atoms with Gasteiger partial charge in [0.05, 0.1) is 10.5 Å². The van der Waals surface area contributed by atoms with Crippen molar-refractivity contribution in [1.29, 1.82) is 0 Å². The second kappa shape index (κ2) is 5.31. The lowest BCUT2D eigenvalue weighted by Crippen LogP contribution is -1.94. The van der Waals surface area contributed by atoms with Crippen LogP contribution in [0.15, 0.2) is 18.2 Å². The molecule has 0 saturated heterocycles. The van der Waals surface area contributed by atoms with Gasteiger partial charge < -0.3 is 5.32 Å². The summed E-state index contributed by atoms with van der Waals surface area (Å²) >= 11 is 1.39. The molecule has 0 bridgehead atoms. The first-order chi connectivity index (χ1) is 9.02. The van der Waals surface area contributed by atoms with Crippen molar-refractivity contribution in [2.24, 2.45) is 0 Å². The lowest BCUT2D eigenvalue weighted by Gasteiger charge is -2.03. The Morgan fingerprint density at radius 3 is 2.63 bits per heavy atom. The van der Waals surface area contributed by atoms with Crippen LogP contribution < -0.4 is 5.32 Å². The number of hydrogen-bond acceptors (Lipinski definition) is 6. The van der Waals surface area contributed by atoms with Gasteiger partial charge in [-0.3, -0.25) is 10.1 Å². The van der Waals surface area contributed by atoms with Crippen LogP contribution in [0, 0.1) is 10.1 Å².